The normalized spacial score (nSPS) is 20.6. The molecule has 1 atom stereocenters. The Balaban J connectivity index is 1.52. The summed E-state index contributed by atoms with van der Waals surface area (Å²) >= 11 is 0. The van der Waals surface area contributed by atoms with Gasteiger partial charge in [0.15, 0.2) is 0 Å². The van der Waals surface area contributed by atoms with Crippen molar-refractivity contribution in [3.05, 3.63) is 29.8 Å². The lowest BCUT2D eigenvalue weighted by Gasteiger charge is -2.36. The molecule has 1 saturated heterocycles. The van der Waals surface area contributed by atoms with Crippen LogP contribution in [0.25, 0.3) is 0 Å². The van der Waals surface area contributed by atoms with E-state index in [0.29, 0.717) is 31.9 Å². The maximum absolute atomic E-state index is 12.9. The van der Waals surface area contributed by atoms with Crippen LogP contribution in [0.3, 0.4) is 0 Å². The first kappa shape index (κ1) is 19.5. The topological polar surface area (TPSA) is 59.4 Å². The van der Waals surface area contributed by atoms with Crippen LogP contribution >= 0.6 is 0 Å². The first-order valence-electron chi connectivity index (χ1n) is 9.08. The summed E-state index contributed by atoms with van der Waals surface area (Å²) in [4.78, 5) is 16.1. The van der Waals surface area contributed by atoms with E-state index in [-0.39, 0.29) is 18.4 Å². The summed E-state index contributed by atoms with van der Waals surface area (Å²) in [7, 11) is 0. The van der Waals surface area contributed by atoms with Gasteiger partial charge in [0.2, 0.25) is 5.91 Å². The number of hydrogen-bond acceptors (Lipinski definition) is 4. The van der Waals surface area contributed by atoms with Crippen LogP contribution in [0.15, 0.2) is 24.3 Å². The van der Waals surface area contributed by atoms with Crippen LogP contribution in [0.1, 0.15) is 25.3 Å². The molecule has 1 aliphatic carbocycles. The van der Waals surface area contributed by atoms with E-state index >= 15 is 0 Å². The van der Waals surface area contributed by atoms with Gasteiger partial charge in [-0.05, 0) is 43.9 Å². The van der Waals surface area contributed by atoms with Gasteiger partial charge in [-0.3, -0.25) is 9.69 Å². The minimum Gasteiger partial charge on any atom is -0.369 e. The van der Waals surface area contributed by atoms with Crippen molar-refractivity contribution >= 4 is 11.6 Å². The molecule has 2 aliphatic rings. The molecule has 0 unspecified atom stereocenters. The first-order valence-corrected chi connectivity index (χ1v) is 9.08. The molecule has 1 heterocycles. The van der Waals surface area contributed by atoms with E-state index in [2.05, 4.69) is 11.4 Å². The van der Waals surface area contributed by atoms with Gasteiger partial charge < -0.3 is 10.2 Å². The van der Waals surface area contributed by atoms with Crippen molar-refractivity contribution < 1.29 is 18.0 Å². The second-order valence-corrected chi connectivity index (χ2v) is 7.45. The van der Waals surface area contributed by atoms with Gasteiger partial charge in [0.05, 0.1) is 18.2 Å². The lowest BCUT2D eigenvalue weighted by atomic mass is 9.98. The monoisotopic (exact) mass is 380 g/mol. The SMILES string of the molecule is C[C@@](C#N)(NC(=O)CN1CCN(c2cccc(C(F)(F)F)c2)CC1)C1CC1. The smallest absolute Gasteiger partial charge is 0.369 e. The third kappa shape index (κ3) is 4.72. The van der Waals surface area contributed by atoms with E-state index in [1.165, 1.54) is 6.07 Å². The van der Waals surface area contributed by atoms with Crippen molar-refractivity contribution in [1.82, 2.24) is 10.2 Å². The van der Waals surface area contributed by atoms with Crippen molar-refractivity contribution in [3.8, 4) is 6.07 Å². The number of piperazine rings is 1. The lowest BCUT2D eigenvalue weighted by Crippen LogP contribution is -2.53. The molecule has 146 valence electrons. The predicted molar refractivity (Wildman–Crippen MR) is 95.0 cm³/mol. The molecule has 27 heavy (non-hydrogen) atoms. The molecular weight excluding hydrogens is 357 g/mol. The molecule has 8 heteroatoms. The van der Waals surface area contributed by atoms with E-state index in [4.69, 9.17) is 0 Å². The fraction of sp³-hybridized carbons (Fsp3) is 0.579. The maximum atomic E-state index is 12.9. The van der Waals surface area contributed by atoms with Gasteiger partial charge in [0.25, 0.3) is 0 Å². The molecule has 1 aliphatic heterocycles. The molecule has 5 nitrogen and oxygen atoms in total. The number of rotatable bonds is 5. The number of carbonyl (C=O) groups excluding carboxylic acids is 1. The number of benzene rings is 1. The standard InChI is InChI=1S/C19H23F3N4O/c1-18(13-23,14-5-6-14)24-17(27)12-25-7-9-26(10-8-25)16-4-2-3-15(11-16)19(20,21)22/h2-4,11,14H,5-10,12H2,1H3,(H,24,27)/t18-/m0/s1. The van der Waals surface area contributed by atoms with Gasteiger partial charge in [0, 0.05) is 31.9 Å². The summed E-state index contributed by atoms with van der Waals surface area (Å²) in [5.74, 6) is 0.0441. The van der Waals surface area contributed by atoms with Crippen molar-refractivity contribution in [3.63, 3.8) is 0 Å². The summed E-state index contributed by atoms with van der Waals surface area (Å²) in [5, 5.41) is 12.2. The van der Waals surface area contributed by atoms with Crippen LogP contribution in [0.2, 0.25) is 0 Å². The van der Waals surface area contributed by atoms with Gasteiger partial charge >= 0.3 is 6.18 Å². The number of anilines is 1. The molecule has 1 N–H and O–H groups in total. The fourth-order valence-electron chi connectivity index (χ4n) is 3.46. The highest BCUT2D eigenvalue weighted by Crippen LogP contribution is 2.39. The Kier molecular flexibility index (Phi) is 5.33. The molecule has 1 aromatic carbocycles. The quantitative estimate of drug-likeness (QED) is 0.853. The summed E-state index contributed by atoms with van der Waals surface area (Å²) in [6.45, 7) is 4.21. The van der Waals surface area contributed by atoms with Crippen LogP contribution in [-0.4, -0.2) is 49.1 Å². The Morgan fingerprint density at radius 1 is 1.26 bits per heavy atom. The molecule has 0 radical (unpaired) electrons. The summed E-state index contributed by atoms with van der Waals surface area (Å²) in [5.41, 5.74) is -0.922. The Morgan fingerprint density at radius 3 is 2.48 bits per heavy atom. The summed E-state index contributed by atoms with van der Waals surface area (Å²) in [6, 6.07) is 7.52. The Labute approximate surface area is 156 Å². The lowest BCUT2D eigenvalue weighted by molar-refractivity contribution is -0.137. The number of halogens is 3. The van der Waals surface area contributed by atoms with E-state index in [1.54, 1.807) is 13.0 Å². The molecule has 1 saturated carbocycles. The number of amides is 1. The van der Waals surface area contributed by atoms with Crippen molar-refractivity contribution in [2.75, 3.05) is 37.6 Å². The third-order valence-electron chi connectivity index (χ3n) is 5.30. The van der Waals surface area contributed by atoms with Gasteiger partial charge in [-0.2, -0.15) is 18.4 Å². The number of alkyl halides is 3. The molecular formula is C19H23F3N4O. The van der Waals surface area contributed by atoms with Crippen molar-refractivity contribution in [2.45, 2.75) is 31.5 Å². The Bertz CT molecular complexity index is 733. The van der Waals surface area contributed by atoms with E-state index in [1.807, 2.05) is 9.80 Å². The van der Waals surface area contributed by atoms with Crippen LogP contribution in [0, 0.1) is 17.2 Å². The van der Waals surface area contributed by atoms with E-state index in [0.717, 1.165) is 25.0 Å². The molecule has 1 amide bonds. The maximum Gasteiger partial charge on any atom is 0.416 e. The molecule has 0 aromatic heterocycles. The second kappa shape index (κ2) is 7.39. The van der Waals surface area contributed by atoms with Crippen molar-refractivity contribution in [1.29, 1.82) is 5.26 Å². The predicted octanol–water partition coefficient (Wildman–Crippen LogP) is 2.64. The highest BCUT2D eigenvalue weighted by Gasteiger charge is 2.43. The first-order chi connectivity index (χ1) is 12.7. The van der Waals surface area contributed by atoms with Crippen LogP contribution in [-0.2, 0) is 11.0 Å². The van der Waals surface area contributed by atoms with E-state index in [9.17, 15) is 23.2 Å². The van der Waals surface area contributed by atoms with Crippen LogP contribution < -0.4 is 10.2 Å². The highest BCUT2D eigenvalue weighted by atomic mass is 19.4. The summed E-state index contributed by atoms with van der Waals surface area (Å²) < 4.78 is 38.6. The molecule has 2 fully saturated rings. The van der Waals surface area contributed by atoms with Crippen LogP contribution in [0.5, 0.6) is 0 Å². The van der Waals surface area contributed by atoms with Crippen molar-refractivity contribution in [2.24, 2.45) is 5.92 Å². The average molecular weight is 380 g/mol. The van der Waals surface area contributed by atoms with Gasteiger partial charge in [-0.1, -0.05) is 6.07 Å². The molecule has 0 bridgehead atoms. The minimum atomic E-state index is -4.36. The molecule has 1 aromatic rings. The number of carbonyl (C=O) groups is 1. The van der Waals surface area contributed by atoms with Gasteiger partial charge in [-0.15, -0.1) is 0 Å². The Hall–Kier alpha value is -2.27. The van der Waals surface area contributed by atoms with Crippen LogP contribution in [0.4, 0.5) is 18.9 Å². The van der Waals surface area contributed by atoms with E-state index < -0.39 is 17.3 Å². The zero-order valence-corrected chi connectivity index (χ0v) is 15.2. The average Bonchev–Trinajstić information content (AvgIpc) is 3.47. The highest BCUT2D eigenvalue weighted by molar-refractivity contribution is 5.79. The zero-order valence-electron chi connectivity index (χ0n) is 15.2. The Morgan fingerprint density at radius 2 is 1.93 bits per heavy atom. The number of nitrogens with zero attached hydrogens (tertiary/aromatic N) is 3. The number of hydrogen-bond donors (Lipinski definition) is 1. The second-order valence-electron chi connectivity index (χ2n) is 7.45. The molecule has 3 rings (SSSR count). The van der Waals surface area contributed by atoms with Gasteiger partial charge in [0.1, 0.15) is 5.54 Å². The largest absolute Gasteiger partial charge is 0.416 e. The number of nitriles is 1. The zero-order chi connectivity index (χ0) is 19.7. The van der Waals surface area contributed by atoms with Gasteiger partial charge in [-0.25, -0.2) is 0 Å². The third-order valence-corrected chi connectivity index (χ3v) is 5.30. The summed E-state index contributed by atoms with van der Waals surface area (Å²) in [6.07, 6.45) is -2.44. The fourth-order valence-corrected chi connectivity index (χ4v) is 3.46. The molecule has 0 spiro atoms. The minimum absolute atomic E-state index is 0.182. The number of nitrogens with one attached hydrogen (secondary N) is 1.